The number of aliphatic hydroxyl groups is 3. The van der Waals surface area contributed by atoms with E-state index in [4.69, 9.17) is 0 Å². The minimum atomic E-state index is -1.47. The molecule has 156 valence electrons. The van der Waals surface area contributed by atoms with Crippen LogP contribution >= 0.6 is 0 Å². The van der Waals surface area contributed by atoms with Crippen LogP contribution in [0.1, 0.15) is 91.4 Å². The van der Waals surface area contributed by atoms with Gasteiger partial charge in [0.1, 0.15) is 0 Å². The molecule has 8 atom stereocenters. The lowest BCUT2D eigenvalue weighted by Crippen LogP contribution is -2.63. The van der Waals surface area contributed by atoms with Crippen LogP contribution in [-0.2, 0) is 0 Å². The van der Waals surface area contributed by atoms with E-state index < -0.39 is 5.79 Å². The van der Waals surface area contributed by atoms with E-state index >= 15 is 0 Å². The maximum Gasteiger partial charge on any atom is 0.168 e. The van der Waals surface area contributed by atoms with Crippen molar-refractivity contribution in [2.24, 2.45) is 46.3 Å². The zero-order valence-electron chi connectivity index (χ0n) is 17.8. The molecule has 0 aliphatic heterocycles. The summed E-state index contributed by atoms with van der Waals surface area (Å²) in [5.74, 6) is 2.41. The Morgan fingerprint density at radius 2 is 1.70 bits per heavy atom. The molecule has 0 spiro atoms. The first-order valence-electron chi connectivity index (χ1n) is 11.8. The molecule has 3 nitrogen and oxygen atoms in total. The summed E-state index contributed by atoms with van der Waals surface area (Å²) in [6.07, 6.45) is 12.4. The van der Waals surface area contributed by atoms with E-state index in [1.54, 1.807) is 0 Å². The normalized spacial score (nSPS) is 49.8. The molecule has 3 heteroatoms. The topological polar surface area (TPSA) is 60.7 Å². The standard InChI is InChI=1S/C24H42O3/c1-16(6-5-15-25)19-10-11-20-18-9-8-17-7-4-13-24(26,27)23(17,3)21(18)12-14-22(19,20)2/h16-21,25-27H,4-15H2,1-3H3/t16-,17+,18+,19-,20+,21+,22-,23+/m1/s1. The van der Waals surface area contributed by atoms with Gasteiger partial charge in [-0.25, -0.2) is 0 Å². The third-order valence-corrected chi connectivity index (χ3v) is 10.4. The van der Waals surface area contributed by atoms with Gasteiger partial charge in [0.15, 0.2) is 5.79 Å². The number of hydrogen-bond acceptors (Lipinski definition) is 3. The number of hydrogen-bond donors (Lipinski definition) is 3. The zero-order chi connectivity index (χ0) is 19.4. The molecule has 0 aromatic rings. The Labute approximate surface area is 165 Å². The Balaban J connectivity index is 1.58. The second kappa shape index (κ2) is 6.99. The van der Waals surface area contributed by atoms with Crippen molar-refractivity contribution in [3.63, 3.8) is 0 Å². The van der Waals surface area contributed by atoms with E-state index in [-0.39, 0.29) is 5.41 Å². The average Bonchev–Trinajstić information content (AvgIpc) is 2.98. The quantitative estimate of drug-likeness (QED) is 0.620. The van der Waals surface area contributed by atoms with Crippen LogP contribution in [0, 0.1) is 46.3 Å². The molecule has 0 aromatic heterocycles. The van der Waals surface area contributed by atoms with Gasteiger partial charge in [-0.2, -0.15) is 0 Å². The lowest BCUT2D eigenvalue weighted by molar-refractivity contribution is -0.313. The molecule has 0 aromatic carbocycles. The summed E-state index contributed by atoms with van der Waals surface area (Å²) >= 11 is 0. The molecule has 0 bridgehead atoms. The SMILES string of the molecule is C[C@H](CCCO)[C@H]1CC[C@H]2[C@@H]3CC[C@@H]4CCCC(O)(O)[C@]4(C)[C@H]3CC[C@]12C. The minimum Gasteiger partial charge on any atom is -0.396 e. The molecule has 4 saturated carbocycles. The van der Waals surface area contributed by atoms with Gasteiger partial charge in [-0.1, -0.05) is 20.8 Å². The molecule has 0 heterocycles. The van der Waals surface area contributed by atoms with E-state index in [0.29, 0.717) is 42.1 Å². The Bertz CT molecular complexity index is 546. The monoisotopic (exact) mass is 378 g/mol. The maximum absolute atomic E-state index is 11.0. The van der Waals surface area contributed by atoms with Crippen molar-refractivity contribution in [1.82, 2.24) is 0 Å². The Morgan fingerprint density at radius 3 is 2.44 bits per heavy atom. The van der Waals surface area contributed by atoms with Crippen molar-refractivity contribution in [1.29, 1.82) is 0 Å². The van der Waals surface area contributed by atoms with Gasteiger partial charge in [0, 0.05) is 18.4 Å². The van der Waals surface area contributed by atoms with Gasteiger partial charge in [-0.05, 0) is 105 Å². The Kier molecular flexibility index (Phi) is 5.22. The number of aliphatic hydroxyl groups excluding tert-OH is 1. The van der Waals surface area contributed by atoms with E-state index in [0.717, 1.165) is 31.1 Å². The van der Waals surface area contributed by atoms with Crippen molar-refractivity contribution >= 4 is 0 Å². The van der Waals surface area contributed by atoms with Crippen LogP contribution < -0.4 is 0 Å². The first-order valence-corrected chi connectivity index (χ1v) is 11.8. The smallest absolute Gasteiger partial charge is 0.168 e. The Morgan fingerprint density at radius 1 is 0.926 bits per heavy atom. The van der Waals surface area contributed by atoms with Crippen molar-refractivity contribution < 1.29 is 15.3 Å². The highest BCUT2D eigenvalue weighted by Gasteiger charge is 2.65. The van der Waals surface area contributed by atoms with Crippen LogP contribution in [0.25, 0.3) is 0 Å². The molecule has 0 radical (unpaired) electrons. The molecular weight excluding hydrogens is 336 g/mol. The summed E-state index contributed by atoms with van der Waals surface area (Å²) in [7, 11) is 0. The summed E-state index contributed by atoms with van der Waals surface area (Å²) in [5, 5.41) is 31.3. The zero-order valence-corrected chi connectivity index (χ0v) is 17.8. The predicted molar refractivity (Wildman–Crippen MR) is 108 cm³/mol. The predicted octanol–water partition coefficient (Wildman–Crippen LogP) is 4.73. The van der Waals surface area contributed by atoms with E-state index in [1.807, 2.05) is 0 Å². The molecule has 4 aliphatic carbocycles. The summed E-state index contributed by atoms with van der Waals surface area (Å²) in [4.78, 5) is 0. The number of fused-ring (bicyclic) bond motifs is 5. The van der Waals surface area contributed by atoms with Gasteiger partial charge in [-0.3, -0.25) is 0 Å². The van der Waals surface area contributed by atoms with Crippen molar-refractivity contribution in [3.05, 3.63) is 0 Å². The minimum absolute atomic E-state index is 0.309. The van der Waals surface area contributed by atoms with Crippen LogP contribution in [0.2, 0.25) is 0 Å². The fraction of sp³-hybridized carbons (Fsp3) is 1.00. The maximum atomic E-state index is 11.0. The number of rotatable bonds is 4. The molecule has 4 fully saturated rings. The van der Waals surface area contributed by atoms with Gasteiger partial charge in [0.05, 0.1) is 0 Å². The Hall–Kier alpha value is -0.120. The summed E-state index contributed by atoms with van der Waals surface area (Å²) < 4.78 is 0. The fourth-order valence-electron chi connectivity index (χ4n) is 8.95. The fourth-order valence-corrected chi connectivity index (χ4v) is 8.95. The van der Waals surface area contributed by atoms with E-state index in [2.05, 4.69) is 20.8 Å². The molecule has 27 heavy (non-hydrogen) atoms. The van der Waals surface area contributed by atoms with Crippen LogP contribution in [0.5, 0.6) is 0 Å². The largest absolute Gasteiger partial charge is 0.396 e. The molecule has 0 unspecified atom stereocenters. The molecule has 4 aliphatic rings. The van der Waals surface area contributed by atoms with E-state index in [9.17, 15) is 15.3 Å². The van der Waals surface area contributed by atoms with Gasteiger partial charge in [0.2, 0.25) is 0 Å². The lowest BCUT2D eigenvalue weighted by atomic mass is 9.43. The lowest BCUT2D eigenvalue weighted by Gasteiger charge is -2.63. The second-order valence-corrected chi connectivity index (χ2v) is 11.2. The third kappa shape index (κ3) is 2.86. The van der Waals surface area contributed by atoms with Crippen molar-refractivity contribution in [3.8, 4) is 0 Å². The highest BCUT2D eigenvalue weighted by molar-refractivity contribution is 5.12. The highest BCUT2D eigenvalue weighted by Crippen LogP contribution is 2.69. The molecule has 0 saturated heterocycles. The van der Waals surface area contributed by atoms with Crippen molar-refractivity contribution in [2.45, 2.75) is 97.2 Å². The summed E-state index contributed by atoms with van der Waals surface area (Å²) in [5.41, 5.74) is 0.109. The highest BCUT2D eigenvalue weighted by atomic mass is 16.5. The second-order valence-electron chi connectivity index (χ2n) is 11.2. The van der Waals surface area contributed by atoms with Gasteiger partial charge < -0.3 is 15.3 Å². The van der Waals surface area contributed by atoms with Gasteiger partial charge in [-0.15, -0.1) is 0 Å². The van der Waals surface area contributed by atoms with Gasteiger partial charge in [0.25, 0.3) is 0 Å². The van der Waals surface area contributed by atoms with Crippen LogP contribution in [0.3, 0.4) is 0 Å². The summed E-state index contributed by atoms with van der Waals surface area (Å²) in [6.45, 7) is 7.51. The van der Waals surface area contributed by atoms with E-state index in [1.165, 1.54) is 44.9 Å². The molecule has 3 N–H and O–H groups in total. The third-order valence-electron chi connectivity index (χ3n) is 10.4. The van der Waals surface area contributed by atoms with Gasteiger partial charge >= 0.3 is 0 Å². The van der Waals surface area contributed by atoms with Crippen LogP contribution in [0.15, 0.2) is 0 Å². The van der Waals surface area contributed by atoms with Crippen LogP contribution in [-0.4, -0.2) is 27.7 Å². The van der Waals surface area contributed by atoms with Crippen molar-refractivity contribution in [2.75, 3.05) is 6.61 Å². The first-order chi connectivity index (χ1) is 12.8. The average molecular weight is 379 g/mol. The summed E-state index contributed by atoms with van der Waals surface area (Å²) in [6, 6.07) is 0. The molecule has 0 amide bonds. The van der Waals surface area contributed by atoms with Crippen LogP contribution in [0.4, 0.5) is 0 Å². The molecule has 4 rings (SSSR count). The first kappa shape index (κ1) is 20.2. The molecular formula is C24H42O3.